The average molecular weight is 389 g/mol. The summed E-state index contributed by atoms with van der Waals surface area (Å²) in [6.45, 7) is 1.68. The first-order chi connectivity index (χ1) is 12.9. The molecule has 1 aliphatic heterocycles. The van der Waals surface area contributed by atoms with Crippen LogP contribution in [-0.4, -0.2) is 52.5 Å². The van der Waals surface area contributed by atoms with Crippen molar-refractivity contribution in [1.29, 1.82) is 0 Å². The Balaban J connectivity index is 1.72. The summed E-state index contributed by atoms with van der Waals surface area (Å²) in [7, 11) is -0.419. The fourth-order valence-electron chi connectivity index (χ4n) is 2.99. The van der Waals surface area contributed by atoms with E-state index in [2.05, 4.69) is 10.0 Å². The number of carbonyl (C=O) groups is 1. The van der Waals surface area contributed by atoms with Gasteiger partial charge in [-0.05, 0) is 61.5 Å². The van der Waals surface area contributed by atoms with E-state index in [-0.39, 0.29) is 16.8 Å². The third kappa shape index (κ3) is 4.40. The van der Waals surface area contributed by atoms with Crippen molar-refractivity contribution < 1.29 is 17.9 Å². The van der Waals surface area contributed by atoms with Gasteiger partial charge in [-0.1, -0.05) is 0 Å². The molecule has 1 saturated heterocycles. The zero-order valence-electron chi connectivity index (χ0n) is 15.3. The maximum atomic E-state index is 12.6. The third-order valence-electron chi connectivity index (χ3n) is 4.66. The van der Waals surface area contributed by atoms with Crippen LogP contribution >= 0.6 is 0 Å². The molecule has 8 heteroatoms. The smallest absolute Gasteiger partial charge is 0.261 e. The maximum Gasteiger partial charge on any atom is 0.261 e. The summed E-state index contributed by atoms with van der Waals surface area (Å²) in [5.41, 5.74) is 0.900. The van der Waals surface area contributed by atoms with Crippen LogP contribution in [0.15, 0.2) is 53.4 Å². The summed E-state index contributed by atoms with van der Waals surface area (Å²) in [5.74, 6) is 0.526. The highest BCUT2D eigenvalue weighted by molar-refractivity contribution is 7.92. The molecular weight excluding hydrogens is 366 g/mol. The largest absolute Gasteiger partial charge is 0.497 e. The zero-order valence-corrected chi connectivity index (χ0v) is 16.1. The Kier molecular flexibility index (Phi) is 5.67. The normalized spacial score (nSPS) is 16.7. The molecule has 1 unspecified atom stereocenters. The van der Waals surface area contributed by atoms with Crippen molar-refractivity contribution in [2.45, 2.75) is 17.4 Å². The van der Waals surface area contributed by atoms with Gasteiger partial charge in [0.25, 0.3) is 15.9 Å². The van der Waals surface area contributed by atoms with Crippen molar-refractivity contribution in [3.8, 4) is 5.75 Å². The lowest BCUT2D eigenvalue weighted by Gasteiger charge is -2.23. The number of amides is 1. The van der Waals surface area contributed by atoms with E-state index in [1.165, 1.54) is 12.1 Å². The number of methoxy groups -OCH3 is 1. The van der Waals surface area contributed by atoms with Gasteiger partial charge in [0.15, 0.2) is 0 Å². The maximum absolute atomic E-state index is 12.6. The summed E-state index contributed by atoms with van der Waals surface area (Å²) in [6, 6.07) is 12.7. The van der Waals surface area contributed by atoms with E-state index in [0.717, 1.165) is 19.5 Å². The summed E-state index contributed by atoms with van der Waals surface area (Å²) >= 11 is 0. The van der Waals surface area contributed by atoms with Gasteiger partial charge in [-0.2, -0.15) is 0 Å². The Bertz CT molecular complexity index is 890. The SMILES string of the molecule is COc1ccc(NS(=O)(=O)c2ccc(C(=O)N(C)C3CCNC3)cc2)cc1. The number of carbonyl (C=O) groups excluding carboxylic acids is 1. The van der Waals surface area contributed by atoms with Gasteiger partial charge in [0.2, 0.25) is 0 Å². The number of ether oxygens (including phenoxy) is 1. The molecule has 144 valence electrons. The van der Waals surface area contributed by atoms with Crippen LogP contribution < -0.4 is 14.8 Å². The summed E-state index contributed by atoms with van der Waals surface area (Å²) < 4.78 is 32.6. The number of nitrogens with zero attached hydrogens (tertiary/aromatic N) is 1. The number of rotatable bonds is 6. The molecular formula is C19H23N3O4S. The van der Waals surface area contributed by atoms with Gasteiger partial charge in [-0.25, -0.2) is 8.42 Å². The van der Waals surface area contributed by atoms with E-state index >= 15 is 0 Å². The Morgan fingerprint density at radius 2 is 1.81 bits per heavy atom. The Labute approximate surface area is 159 Å². The lowest BCUT2D eigenvalue weighted by molar-refractivity contribution is 0.0743. The molecule has 0 aromatic heterocycles. The number of hydrogen-bond donors (Lipinski definition) is 2. The summed E-state index contributed by atoms with van der Waals surface area (Å²) in [5, 5.41) is 3.23. The molecule has 2 aromatic rings. The first kappa shape index (κ1) is 19.2. The molecule has 27 heavy (non-hydrogen) atoms. The first-order valence-corrected chi connectivity index (χ1v) is 10.1. The Hall–Kier alpha value is -2.58. The minimum absolute atomic E-state index is 0.0973. The van der Waals surface area contributed by atoms with Crippen LogP contribution in [0.2, 0.25) is 0 Å². The van der Waals surface area contributed by atoms with Crippen molar-refractivity contribution in [2.75, 3.05) is 32.0 Å². The van der Waals surface area contributed by atoms with Crippen molar-refractivity contribution in [3.63, 3.8) is 0 Å². The number of hydrogen-bond acceptors (Lipinski definition) is 5. The van der Waals surface area contributed by atoms with Crippen molar-refractivity contribution >= 4 is 21.6 Å². The number of benzene rings is 2. The van der Waals surface area contributed by atoms with Crippen LogP contribution in [0.5, 0.6) is 5.75 Å². The third-order valence-corrected chi connectivity index (χ3v) is 6.05. The molecule has 1 aliphatic rings. The van der Waals surface area contributed by atoms with Crippen LogP contribution in [0, 0.1) is 0 Å². The van der Waals surface area contributed by atoms with Crippen molar-refractivity contribution in [3.05, 3.63) is 54.1 Å². The lowest BCUT2D eigenvalue weighted by Crippen LogP contribution is -2.38. The predicted molar refractivity (Wildman–Crippen MR) is 104 cm³/mol. The average Bonchev–Trinajstić information content (AvgIpc) is 3.22. The number of nitrogens with one attached hydrogen (secondary N) is 2. The second-order valence-corrected chi connectivity index (χ2v) is 8.10. The van der Waals surface area contributed by atoms with Crippen LogP contribution in [0.1, 0.15) is 16.8 Å². The minimum Gasteiger partial charge on any atom is -0.497 e. The fourth-order valence-corrected chi connectivity index (χ4v) is 4.05. The van der Waals surface area contributed by atoms with E-state index in [9.17, 15) is 13.2 Å². The standard InChI is InChI=1S/C19H23N3O4S/c1-22(16-11-12-20-13-16)19(23)14-3-9-18(10-4-14)27(24,25)21-15-5-7-17(26-2)8-6-15/h3-10,16,20-21H,11-13H2,1-2H3. The monoisotopic (exact) mass is 389 g/mol. The highest BCUT2D eigenvalue weighted by Gasteiger charge is 2.24. The molecule has 0 saturated carbocycles. The van der Waals surface area contributed by atoms with E-state index in [4.69, 9.17) is 4.74 Å². The molecule has 1 heterocycles. The Morgan fingerprint density at radius 3 is 2.37 bits per heavy atom. The van der Waals surface area contributed by atoms with Gasteiger partial charge in [-0.3, -0.25) is 9.52 Å². The van der Waals surface area contributed by atoms with E-state index in [1.54, 1.807) is 55.5 Å². The van der Waals surface area contributed by atoms with Crippen LogP contribution in [0.3, 0.4) is 0 Å². The lowest BCUT2D eigenvalue weighted by atomic mass is 10.1. The molecule has 1 amide bonds. The predicted octanol–water partition coefficient (Wildman–Crippen LogP) is 1.93. The number of likely N-dealkylation sites (N-methyl/N-ethyl adjacent to an activating group) is 1. The molecule has 1 fully saturated rings. The fraction of sp³-hybridized carbons (Fsp3) is 0.316. The highest BCUT2D eigenvalue weighted by atomic mass is 32.2. The van der Waals surface area contributed by atoms with E-state index < -0.39 is 10.0 Å². The van der Waals surface area contributed by atoms with Crippen molar-refractivity contribution in [2.24, 2.45) is 0 Å². The van der Waals surface area contributed by atoms with Crippen molar-refractivity contribution in [1.82, 2.24) is 10.2 Å². The molecule has 0 spiro atoms. The summed E-state index contributed by atoms with van der Waals surface area (Å²) in [6.07, 6.45) is 0.917. The molecule has 1 atom stereocenters. The molecule has 2 N–H and O–H groups in total. The van der Waals surface area contributed by atoms with Crippen LogP contribution in [0.4, 0.5) is 5.69 Å². The zero-order chi connectivity index (χ0) is 19.4. The summed E-state index contributed by atoms with van der Waals surface area (Å²) in [4.78, 5) is 14.4. The number of anilines is 1. The molecule has 7 nitrogen and oxygen atoms in total. The molecule has 0 aliphatic carbocycles. The molecule has 3 rings (SSSR count). The van der Waals surface area contributed by atoms with Crippen LogP contribution in [-0.2, 0) is 10.0 Å². The second kappa shape index (κ2) is 7.98. The molecule has 2 aromatic carbocycles. The highest BCUT2D eigenvalue weighted by Crippen LogP contribution is 2.20. The quantitative estimate of drug-likeness (QED) is 0.788. The van der Waals surface area contributed by atoms with E-state index in [0.29, 0.717) is 17.0 Å². The van der Waals surface area contributed by atoms with Gasteiger partial charge in [0.1, 0.15) is 5.75 Å². The van der Waals surface area contributed by atoms with Gasteiger partial charge in [0.05, 0.1) is 12.0 Å². The topological polar surface area (TPSA) is 87.7 Å². The minimum atomic E-state index is -3.74. The van der Waals surface area contributed by atoms with Gasteiger partial charge < -0.3 is 15.0 Å². The molecule has 0 bridgehead atoms. The number of sulfonamides is 1. The van der Waals surface area contributed by atoms with E-state index in [1.807, 2.05) is 0 Å². The first-order valence-electron chi connectivity index (χ1n) is 8.65. The molecule has 0 radical (unpaired) electrons. The second-order valence-electron chi connectivity index (χ2n) is 6.42. The van der Waals surface area contributed by atoms with Crippen LogP contribution in [0.25, 0.3) is 0 Å². The van der Waals surface area contributed by atoms with Gasteiger partial charge >= 0.3 is 0 Å². The van der Waals surface area contributed by atoms with Gasteiger partial charge in [-0.15, -0.1) is 0 Å². The van der Waals surface area contributed by atoms with Gasteiger partial charge in [0, 0.05) is 30.9 Å². The Morgan fingerprint density at radius 1 is 1.15 bits per heavy atom.